The highest BCUT2D eigenvalue weighted by Crippen LogP contribution is 2.35. The molecule has 0 amide bonds. The van der Waals surface area contributed by atoms with Gasteiger partial charge in [0.1, 0.15) is 5.78 Å². The third-order valence-electron chi connectivity index (χ3n) is 3.42. The Hall–Kier alpha value is 0.0900. The molecule has 2 nitrogen and oxygen atoms in total. The zero-order valence-electron chi connectivity index (χ0n) is 7.98. The third kappa shape index (κ3) is 1.68. The molecule has 3 unspecified atom stereocenters. The van der Waals surface area contributed by atoms with Crippen molar-refractivity contribution < 1.29 is 4.65 Å². The molecule has 3 heteroatoms. The molecule has 1 fully saturated rings. The van der Waals surface area contributed by atoms with Crippen molar-refractivity contribution in [1.29, 1.82) is 0 Å². The normalized spacial score (nSPS) is 41.2. The van der Waals surface area contributed by atoms with E-state index >= 15 is 0 Å². The molecule has 74 valence electrons. The maximum absolute atomic E-state index is 12.4. The second-order valence-corrected chi connectivity index (χ2v) is 4.93. The Bertz CT molecular complexity index is 213. The highest BCUT2D eigenvalue weighted by molar-refractivity contribution is 7.17. The van der Waals surface area contributed by atoms with Crippen LogP contribution >= 0.6 is 9.24 Å². The monoisotopic (exact) mass is 199 g/mol. The molecule has 0 aromatic carbocycles. The summed E-state index contributed by atoms with van der Waals surface area (Å²) in [5.74, 6) is 0.114. The molecule has 0 aromatic heterocycles. The number of quaternary nitrogens is 1. The van der Waals surface area contributed by atoms with Gasteiger partial charge < -0.3 is 9.85 Å². The van der Waals surface area contributed by atoms with Gasteiger partial charge in [-0.3, -0.25) is 0 Å². The smallest absolute Gasteiger partial charge is 0.120 e. The van der Waals surface area contributed by atoms with Crippen molar-refractivity contribution in [3.05, 3.63) is 17.4 Å². The van der Waals surface area contributed by atoms with E-state index in [1.807, 2.05) is 12.2 Å². The lowest BCUT2D eigenvalue weighted by Crippen LogP contribution is -2.52. The van der Waals surface area contributed by atoms with Crippen LogP contribution < -0.4 is 0 Å². The second-order valence-electron chi connectivity index (χ2n) is 4.25. The minimum Gasteiger partial charge on any atom is -0.632 e. The second kappa shape index (κ2) is 3.68. The maximum atomic E-state index is 12.4. The summed E-state index contributed by atoms with van der Waals surface area (Å²) in [6.07, 6.45) is 10.2. The van der Waals surface area contributed by atoms with Gasteiger partial charge in [0.25, 0.3) is 0 Å². The number of hydrogen-bond donors (Lipinski definition) is 0. The van der Waals surface area contributed by atoms with Crippen LogP contribution in [0.15, 0.2) is 12.2 Å². The molecule has 0 N–H and O–H groups in total. The molecule has 0 saturated heterocycles. The van der Waals surface area contributed by atoms with Gasteiger partial charge in [0.05, 0.1) is 12.6 Å². The lowest BCUT2D eigenvalue weighted by molar-refractivity contribution is -0.900. The van der Waals surface area contributed by atoms with Gasteiger partial charge in [-0.05, 0) is 37.8 Å². The minimum absolute atomic E-state index is 0.00463. The van der Waals surface area contributed by atoms with E-state index in [0.29, 0.717) is 12.6 Å². The Morgan fingerprint density at radius 3 is 2.46 bits per heavy atom. The molecule has 1 aliphatic carbocycles. The Labute approximate surface area is 82.4 Å². The number of rotatable bonds is 1. The maximum Gasteiger partial charge on any atom is 0.120 e. The van der Waals surface area contributed by atoms with Gasteiger partial charge in [0.15, 0.2) is 0 Å². The standard InChI is InChI=1S/C10H18NOP/c12-11(8-4-7-10(11)13)9-5-2-1-3-6-9/h4,7,9-10H,1-3,5-6,8,13H2. The molecule has 0 spiro atoms. The molecule has 2 rings (SSSR count). The topological polar surface area (TPSA) is 23.1 Å². The van der Waals surface area contributed by atoms with E-state index in [2.05, 4.69) is 9.24 Å². The van der Waals surface area contributed by atoms with Crippen molar-refractivity contribution in [2.75, 3.05) is 6.54 Å². The molecule has 0 radical (unpaired) electrons. The van der Waals surface area contributed by atoms with Crippen LogP contribution in [0.5, 0.6) is 0 Å². The highest BCUT2D eigenvalue weighted by Gasteiger charge is 2.35. The first kappa shape index (κ1) is 9.64. The van der Waals surface area contributed by atoms with Crippen molar-refractivity contribution in [2.24, 2.45) is 0 Å². The zero-order valence-corrected chi connectivity index (χ0v) is 9.14. The molecular weight excluding hydrogens is 181 g/mol. The fraction of sp³-hybridized carbons (Fsp3) is 0.800. The van der Waals surface area contributed by atoms with Crippen LogP contribution in [0, 0.1) is 5.21 Å². The molecule has 2 aliphatic rings. The lowest BCUT2D eigenvalue weighted by atomic mass is 9.94. The fourth-order valence-electron chi connectivity index (χ4n) is 2.54. The van der Waals surface area contributed by atoms with Crippen LogP contribution in [0.2, 0.25) is 0 Å². The number of nitrogens with zero attached hydrogens (tertiary/aromatic N) is 1. The first-order valence-electron chi connectivity index (χ1n) is 5.24. The van der Waals surface area contributed by atoms with Gasteiger partial charge in [0.2, 0.25) is 0 Å². The van der Waals surface area contributed by atoms with Crippen molar-refractivity contribution in [1.82, 2.24) is 0 Å². The Morgan fingerprint density at radius 2 is 1.92 bits per heavy atom. The predicted octanol–water partition coefficient (Wildman–Crippen LogP) is 2.40. The van der Waals surface area contributed by atoms with Crippen LogP contribution in [-0.2, 0) is 0 Å². The molecule has 1 heterocycles. The molecule has 13 heavy (non-hydrogen) atoms. The van der Waals surface area contributed by atoms with Gasteiger partial charge in [0, 0.05) is 0 Å². The first-order valence-corrected chi connectivity index (χ1v) is 5.91. The molecule has 0 bridgehead atoms. The van der Waals surface area contributed by atoms with Crippen molar-refractivity contribution in [3.63, 3.8) is 0 Å². The molecule has 0 aromatic rings. The van der Waals surface area contributed by atoms with Gasteiger partial charge in [-0.15, -0.1) is 0 Å². The molecule has 1 saturated carbocycles. The Morgan fingerprint density at radius 1 is 1.23 bits per heavy atom. The largest absolute Gasteiger partial charge is 0.632 e. The number of hydrogen-bond acceptors (Lipinski definition) is 1. The van der Waals surface area contributed by atoms with E-state index in [4.69, 9.17) is 0 Å². The van der Waals surface area contributed by atoms with Crippen molar-refractivity contribution in [2.45, 2.75) is 43.9 Å². The van der Waals surface area contributed by atoms with Crippen LogP contribution in [0.25, 0.3) is 0 Å². The van der Waals surface area contributed by atoms with Gasteiger partial charge in [-0.25, -0.2) is 0 Å². The van der Waals surface area contributed by atoms with Gasteiger partial charge in [-0.2, -0.15) is 0 Å². The Balaban J connectivity index is 2.05. The minimum atomic E-state index is 0.00463. The van der Waals surface area contributed by atoms with Crippen LogP contribution in [-0.4, -0.2) is 23.0 Å². The summed E-state index contributed by atoms with van der Waals surface area (Å²) >= 11 is 0. The first-order chi connectivity index (χ1) is 6.23. The van der Waals surface area contributed by atoms with E-state index in [1.54, 1.807) is 0 Å². The van der Waals surface area contributed by atoms with E-state index < -0.39 is 0 Å². The summed E-state index contributed by atoms with van der Waals surface area (Å²) < 4.78 is 0.00463. The molecule has 1 aliphatic heterocycles. The number of hydroxylamine groups is 3. The van der Waals surface area contributed by atoms with Crippen LogP contribution in [0.4, 0.5) is 0 Å². The van der Waals surface area contributed by atoms with Crippen molar-refractivity contribution >= 4 is 9.24 Å². The average molecular weight is 199 g/mol. The van der Waals surface area contributed by atoms with Crippen molar-refractivity contribution in [3.8, 4) is 0 Å². The third-order valence-corrected chi connectivity index (χ3v) is 4.15. The summed E-state index contributed by atoms with van der Waals surface area (Å²) in [5, 5.41) is 12.4. The van der Waals surface area contributed by atoms with E-state index in [1.165, 1.54) is 19.3 Å². The Kier molecular flexibility index (Phi) is 2.73. The molecular formula is C10H18NOP. The van der Waals surface area contributed by atoms with Crippen LogP contribution in [0.3, 0.4) is 0 Å². The van der Waals surface area contributed by atoms with E-state index in [-0.39, 0.29) is 10.4 Å². The van der Waals surface area contributed by atoms with Crippen LogP contribution in [0.1, 0.15) is 32.1 Å². The summed E-state index contributed by atoms with van der Waals surface area (Å²) in [4.78, 5) is 0. The average Bonchev–Trinajstić information content (AvgIpc) is 2.50. The predicted molar refractivity (Wildman–Crippen MR) is 58.0 cm³/mol. The van der Waals surface area contributed by atoms with E-state index in [0.717, 1.165) is 12.8 Å². The van der Waals surface area contributed by atoms with Gasteiger partial charge >= 0.3 is 0 Å². The summed E-state index contributed by atoms with van der Waals surface area (Å²) in [6, 6.07) is 0.367. The lowest BCUT2D eigenvalue weighted by Gasteiger charge is -2.50. The summed E-state index contributed by atoms with van der Waals surface area (Å²) in [7, 11) is 2.69. The van der Waals surface area contributed by atoms with E-state index in [9.17, 15) is 5.21 Å². The molecule has 3 atom stereocenters. The highest BCUT2D eigenvalue weighted by atomic mass is 31.0. The fourth-order valence-corrected chi connectivity index (χ4v) is 3.07. The van der Waals surface area contributed by atoms with Gasteiger partial charge in [-0.1, -0.05) is 15.7 Å². The summed E-state index contributed by atoms with van der Waals surface area (Å²) in [5.41, 5.74) is 0. The quantitative estimate of drug-likeness (QED) is 0.275. The summed E-state index contributed by atoms with van der Waals surface area (Å²) in [6.45, 7) is 0.693. The SMILES string of the molecule is [O-][N+]1(C2CCCCC2)CC=CC1P. The zero-order chi connectivity index (χ0) is 9.31.